The average molecular weight is 507 g/mol. The normalized spacial score (nSPS) is 21.7. The number of fused-ring (bicyclic) bond motifs is 4. The molecule has 2 fully saturated rings. The summed E-state index contributed by atoms with van der Waals surface area (Å²) in [5.74, 6) is -1.49. The lowest BCUT2D eigenvalue weighted by Gasteiger charge is -2.28. The first-order chi connectivity index (χ1) is 16.6. The van der Waals surface area contributed by atoms with Crippen LogP contribution in [0.15, 0.2) is 29.1 Å². The summed E-state index contributed by atoms with van der Waals surface area (Å²) in [6.07, 6.45) is -0.190. The first-order valence-corrected chi connectivity index (χ1v) is 11.7. The third kappa shape index (κ3) is 4.73. The number of nitrogens with two attached hydrogens (primary N) is 1. The smallest absolute Gasteiger partial charge is 0.475 e. The Morgan fingerprint density at radius 1 is 1.11 bits per heavy atom. The number of H-pyrrole nitrogens is 2. The Kier molecular flexibility index (Phi) is 5.75. The second-order valence-corrected chi connectivity index (χ2v) is 9.80. The van der Waals surface area contributed by atoms with Crippen molar-refractivity contribution in [3.05, 3.63) is 40.3 Å². The Balaban J connectivity index is 0.000000320. The predicted octanol–water partition coefficient (Wildman–Crippen LogP) is 3.74. The van der Waals surface area contributed by atoms with Crippen LogP contribution in [-0.4, -0.2) is 49.3 Å². The topological polar surface area (TPSA) is 150 Å². The molecule has 2 saturated heterocycles. The molecule has 0 amide bonds. The van der Waals surface area contributed by atoms with Crippen molar-refractivity contribution in [3.8, 4) is 10.7 Å². The monoisotopic (exact) mass is 506 g/mol. The average Bonchev–Trinajstić information content (AvgIpc) is 3.49. The van der Waals surface area contributed by atoms with E-state index in [0.717, 1.165) is 50.6 Å². The molecule has 2 unspecified atom stereocenters. The number of anilines is 1. The minimum absolute atomic E-state index is 0.190. The summed E-state index contributed by atoms with van der Waals surface area (Å²) in [4.78, 5) is 38.1. The molecule has 6 heterocycles. The van der Waals surface area contributed by atoms with E-state index >= 15 is 0 Å². The highest BCUT2D eigenvalue weighted by Gasteiger charge is 2.38. The minimum Gasteiger partial charge on any atom is -0.475 e. The van der Waals surface area contributed by atoms with Crippen LogP contribution >= 0.6 is 11.3 Å². The van der Waals surface area contributed by atoms with Gasteiger partial charge >= 0.3 is 12.1 Å². The minimum atomic E-state index is -5.08. The highest BCUT2D eigenvalue weighted by Crippen LogP contribution is 2.37. The molecule has 9 nitrogen and oxygen atoms in total. The Hall–Kier alpha value is -3.45. The molecule has 184 valence electrons. The van der Waals surface area contributed by atoms with Gasteiger partial charge in [-0.1, -0.05) is 0 Å². The van der Waals surface area contributed by atoms with Gasteiger partial charge in [-0.25, -0.2) is 14.8 Å². The van der Waals surface area contributed by atoms with Gasteiger partial charge in [0.15, 0.2) is 11.5 Å². The van der Waals surface area contributed by atoms with Gasteiger partial charge in [-0.05, 0) is 43.9 Å². The third-order valence-corrected chi connectivity index (χ3v) is 7.36. The van der Waals surface area contributed by atoms with E-state index in [-0.39, 0.29) is 5.56 Å². The number of aromatic nitrogens is 4. The lowest BCUT2D eigenvalue weighted by Crippen LogP contribution is -2.37. The van der Waals surface area contributed by atoms with Crippen molar-refractivity contribution in [3.63, 3.8) is 0 Å². The second kappa shape index (κ2) is 8.64. The van der Waals surface area contributed by atoms with Crippen LogP contribution in [0.5, 0.6) is 0 Å². The summed E-state index contributed by atoms with van der Waals surface area (Å²) in [6.45, 7) is 0. The van der Waals surface area contributed by atoms with Crippen LogP contribution in [0.3, 0.4) is 0 Å². The molecule has 6 rings (SSSR count). The summed E-state index contributed by atoms with van der Waals surface area (Å²) in [5.41, 5.74) is 9.11. The third-order valence-electron chi connectivity index (χ3n) is 6.30. The summed E-state index contributed by atoms with van der Waals surface area (Å²) >= 11 is 1.47. The number of rotatable bonds is 2. The maximum atomic E-state index is 11.7. The number of hydrogen-bond donors (Lipinski definition) is 5. The van der Waals surface area contributed by atoms with Crippen molar-refractivity contribution in [1.82, 2.24) is 25.3 Å². The number of thiophene rings is 1. The lowest BCUT2D eigenvalue weighted by molar-refractivity contribution is -0.192. The van der Waals surface area contributed by atoms with Crippen molar-refractivity contribution in [1.29, 1.82) is 0 Å². The van der Waals surface area contributed by atoms with Crippen LogP contribution in [0.1, 0.15) is 37.3 Å². The van der Waals surface area contributed by atoms with Gasteiger partial charge in [-0.15, -0.1) is 11.3 Å². The standard InChI is InChI=1S/C20H20N6OS.C2HF3O2/c21-13-8-17(27)25-20-12(13)7-16(28-20)19-24-15-4-3-14(23-18(15)26-19)9-5-10-1-2-11(6-9)22-10;3-2(4,5)1(6)7/h3-4,7-11,22H,1-2,5-6H2,(H3,21,25,27)(H,23,24,26);(H,6,7). The fraction of sp³-hybridized carbons (Fsp3) is 0.364. The molecule has 0 aromatic carbocycles. The van der Waals surface area contributed by atoms with E-state index in [1.165, 1.54) is 30.2 Å². The number of piperidine rings is 1. The number of halogens is 3. The number of aromatic amines is 2. The molecule has 2 bridgehead atoms. The van der Waals surface area contributed by atoms with Crippen molar-refractivity contribution in [2.75, 3.05) is 5.73 Å². The molecule has 4 aromatic rings. The van der Waals surface area contributed by atoms with E-state index in [1.807, 2.05) is 6.07 Å². The van der Waals surface area contributed by atoms with Gasteiger partial charge in [-0.3, -0.25) is 4.79 Å². The van der Waals surface area contributed by atoms with Crippen LogP contribution in [-0.2, 0) is 4.79 Å². The van der Waals surface area contributed by atoms with Crippen LogP contribution in [0.25, 0.3) is 32.1 Å². The molecule has 4 aromatic heterocycles. The fourth-order valence-electron chi connectivity index (χ4n) is 4.73. The lowest BCUT2D eigenvalue weighted by atomic mass is 9.89. The van der Waals surface area contributed by atoms with Gasteiger partial charge < -0.3 is 26.1 Å². The van der Waals surface area contributed by atoms with E-state index in [2.05, 4.69) is 27.4 Å². The number of carboxylic acid groups (broad SMARTS) is 1. The van der Waals surface area contributed by atoms with Crippen LogP contribution in [0.2, 0.25) is 0 Å². The molecule has 0 radical (unpaired) electrons. The molecular formula is C22H21F3N6O3S. The van der Waals surface area contributed by atoms with Crippen LogP contribution in [0, 0.1) is 0 Å². The number of imidazole rings is 1. The maximum Gasteiger partial charge on any atom is 0.490 e. The molecule has 2 aliphatic heterocycles. The van der Waals surface area contributed by atoms with E-state index in [1.54, 1.807) is 0 Å². The Morgan fingerprint density at radius 2 is 1.80 bits per heavy atom. The largest absolute Gasteiger partial charge is 0.490 e. The van der Waals surface area contributed by atoms with Crippen LogP contribution in [0.4, 0.5) is 18.9 Å². The van der Waals surface area contributed by atoms with Gasteiger partial charge in [0.2, 0.25) is 0 Å². The van der Waals surface area contributed by atoms with Gasteiger partial charge in [0.05, 0.1) is 10.4 Å². The summed E-state index contributed by atoms with van der Waals surface area (Å²) < 4.78 is 31.7. The quantitative estimate of drug-likeness (QED) is 0.278. The predicted molar refractivity (Wildman–Crippen MR) is 125 cm³/mol. The van der Waals surface area contributed by atoms with Crippen molar-refractivity contribution >= 4 is 44.4 Å². The number of carbonyl (C=O) groups is 1. The summed E-state index contributed by atoms with van der Waals surface area (Å²) in [6, 6.07) is 8.89. The molecule has 0 aliphatic carbocycles. The first-order valence-electron chi connectivity index (χ1n) is 10.9. The number of alkyl halides is 3. The van der Waals surface area contributed by atoms with E-state index in [4.69, 9.17) is 25.6 Å². The van der Waals surface area contributed by atoms with Crippen LogP contribution < -0.4 is 16.6 Å². The van der Waals surface area contributed by atoms with Crippen molar-refractivity contribution in [2.24, 2.45) is 0 Å². The van der Waals surface area contributed by atoms with Gasteiger partial charge in [0, 0.05) is 40.8 Å². The number of aliphatic carboxylic acids is 1. The van der Waals surface area contributed by atoms with Gasteiger partial charge in [0.25, 0.3) is 5.56 Å². The number of nitrogens with zero attached hydrogens (tertiary/aromatic N) is 2. The van der Waals surface area contributed by atoms with Crippen molar-refractivity contribution in [2.45, 2.75) is 49.9 Å². The molecular weight excluding hydrogens is 485 g/mol. The van der Waals surface area contributed by atoms with Gasteiger partial charge in [-0.2, -0.15) is 13.2 Å². The van der Waals surface area contributed by atoms with E-state index in [9.17, 15) is 18.0 Å². The number of carboxylic acids is 1. The number of nitrogen functional groups attached to an aromatic ring is 1. The van der Waals surface area contributed by atoms with Gasteiger partial charge in [0.1, 0.15) is 4.83 Å². The SMILES string of the molecule is Nc1cc(=O)[nH]c2sc(-c3nc4nc(C5CC6CCC(C5)N6)ccc4[nH]3)cc12.O=C(O)C(F)(F)F. The van der Waals surface area contributed by atoms with Crippen molar-refractivity contribution < 1.29 is 23.1 Å². The Labute approximate surface area is 199 Å². The molecule has 2 atom stereocenters. The number of nitrogens with one attached hydrogen (secondary N) is 3. The summed E-state index contributed by atoms with van der Waals surface area (Å²) in [5, 5.41) is 11.7. The Bertz CT molecular complexity index is 1460. The maximum absolute atomic E-state index is 11.7. The van der Waals surface area contributed by atoms with E-state index < -0.39 is 12.1 Å². The molecule has 2 aliphatic rings. The molecule has 0 saturated carbocycles. The highest BCUT2D eigenvalue weighted by molar-refractivity contribution is 7.21. The number of hydrogen-bond acceptors (Lipinski definition) is 7. The zero-order chi connectivity index (χ0) is 24.9. The number of pyridine rings is 2. The molecule has 13 heteroatoms. The zero-order valence-electron chi connectivity index (χ0n) is 18.1. The highest BCUT2D eigenvalue weighted by atomic mass is 32.1. The molecule has 0 spiro atoms. The first kappa shape index (κ1) is 23.3. The zero-order valence-corrected chi connectivity index (χ0v) is 19.0. The second-order valence-electron chi connectivity index (χ2n) is 8.74. The molecule has 35 heavy (non-hydrogen) atoms. The fourth-order valence-corrected chi connectivity index (χ4v) is 5.76. The van der Waals surface area contributed by atoms with E-state index in [0.29, 0.717) is 23.7 Å². The molecule has 6 N–H and O–H groups in total. The summed E-state index contributed by atoms with van der Waals surface area (Å²) in [7, 11) is 0. The Morgan fingerprint density at radius 3 is 2.46 bits per heavy atom.